The van der Waals surface area contributed by atoms with Crippen LogP contribution >= 0.6 is 0 Å². The van der Waals surface area contributed by atoms with Gasteiger partial charge >= 0.3 is 5.97 Å². The first-order valence-electron chi connectivity index (χ1n) is 5.62. The summed E-state index contributed by atoms with van der Waals surface area (Å²) in [5.41, 5.74) is 1.51. The van der Waals surface area contributed by atoms with Crippen molar-refractivity contribution in [3.05, 3.63) is 35.4 Å². The molecule has 18 heavy (non-hydrogen) atoms. The monoisotopic (exact) mass is 251 g/mol. The minimum absolute atomic E-state index is 0.145. The molecule has 0 spiro atoms. The zero-order valence-corrected chi connectivity index (χ0v) is 10.5. The molecule has 0 fully saturated rings. The van der Waals surface area contributed by atoms with Gasteiger partial charge in [-0.25, -0.2) is 4.79 Å². The van der Waals surface area contributed by atoms with Crippen molar-refractivity contribution in [3.63, 3.8) is 0 Å². The lowest BCUT2D eigenvalue weighted by Gasteiger charge is -2.15. The van der Waals surface area contributed by atoms with Crippen LogP contribution in [0.5, 0.6) is 0 Å². The summed E-state index contributed by atoms with van der Waals surface area (Å²) in [7, 11) is 1.49. The van der Waals surface area contributed by atoms with Crippen molar-refractivity contribution in [2.45, 2.75) is 19.4 Å². The van der Waals surface area contributed by atoms with Gasteiger partial charge in [0.2, 0.25) is 5.91 Å². The van der Waals surface area contributed by atoms with Gasteiger partial charge in [-0.15, -0.1) is 0 Å². The number of carbonyl (C=O) groups is 2. The molecule has 1 rings (SSSR count). The first kappa shape index (κ1) is 14.2. The molecular formula is C13H17NO4. The number of amides is 1. The van der Waals surface area contributed by atoms with Crippen LogP contribution in [0.4, 0.5) is 0 Å². The highest BCUT2D eigenvalue weighted by Crippen LogP contribution is 2.15. The Balaban J connectivity index is 2.77. The lowest BCUT2D eigenvalue weighted by atomic mass is 10.0. The van der Waals surface area contributed by atoms with E-state index in [9.17, 15) is 9.59 Å². The van der Waals surface area contributed by atoms with E-state index in [-0.39, 0.29) is 18.9 Å². The van der Waals surface area contributed by atoms with Crippen molar-refractivity contribution in [2.75, 3.05) is 13.7 Å². The summed E-state index contributed by atoms with van der Waals surface area (Å²) < 4.78 is 4.77. The van der Waals surface area contributed by atoms with Gasteiger partial charge in [-0.05, 0) is 12.5 Å². The van der Waals surface area contributed by atoms with Gasteiger partial charge in [0.15, 0.2) is 6.04 Å². The zero-order chi connectivity index (χ0) is 13.5. The molecule has 5 heteroatoms. The number of carbonyl (C=O) groups excluding carboxylic acids is 1. The summed E-state index contributed by atoms with van der Waals surface area (Å²) >= 11 is 0. The Labute approximate surface area is 106 Å². The molecule has 0 aromatic heterocycles. The number of benzene rings is 1. The maximum Gasteiger partial charge on any atom is 0.330 e. The first-order chi connectivity index (χ1) is 8.54. The molecule has 0 unspecified atom stereocenters. The summed E-state index contributed by atoms with van der Waals surface area (Å²) in [5.74, 6) is -1.42. The van der Waals surface area contributed by atoms with Crippen LogP contribution in [-0.2, 0) is 14.3 Å². The first-order valence-corrected chi connectivity index (χ1v) is 5.62. The topological polar surface area (TPSA) is 75.6 Å². The quantitative estimate of drug-likeness (QED) is 0.798. The van der Waals surface area contributed by atoms with Gasteiger partial charge in [-0.3, -0.25) is 4.79 Å². The van der Waals surface area contributed by atoms with Crippen molar-refractivity contribution in [1.29, 1.82) is 0 Å². The number of methoxy groups -OCH3 is 1. The van der Waals surface area contributed by atoms with E-state index in [1.54, 1.807) is 18.2 Å². The SMILES string of the molecule is COCCC(=O)N[C@@H](C(=O)O)c1cccc(C)c1. The van der Waals surface area contributed by atoms with E-state index in [0.29, 0.717) is 5.56 Å². The number of aliphatic carboxylic acids is 1. The van der Waals surface area contributed by atoms with E-state index in [4.69, 9.17) is 9.84 Å². The van der Waals surface area contributed by atoms with Gasteiger partial charge in [0.25, 0.3) is 0 Å². The van der Waals surface area contributed by atoms with E-state index < -0.39 is 12.0 Å². The Morgan fingerprint density at radius 1 is 1.44 bits per heavy atom. The lowest BCUT2D eigenvalue weighted by molar-refractivity contribution is -0.142. The van der Waals surface area contributed by atoms with Crippen molar-refractivity contribution >= 4 is 11.9 Å². The van der Waals surface area contributed by atoms with Crippen LogP contribution in [0.25, 0.3) is 0 Å². The molecule has 0 saturated heterocycles. The largest absolute Gasteiger partial charge is 0.479 e. The predicted octanol–water partition coefficient (Wildman–Crippen LogP) is 1.27. The number of carboxylic acid groups (broad SMARTS) is 1. The Hall–Kier alpha value is -1.88. The van der Waals surface area contributed by atoms with E-state index >= 15 is 0 Å². The molecule has 0 radical (unpaired) electrons. The number of hydrogen-bond acceptors (Lipinski definition) is 3. The number of aryl methyl sites for hydroxylation is 1. The van der Waals surface area contributed by atoms with Crippen LogP contribution < -0.4 is 5.32 Å². The van der Waals surface area contributed by atoms with Crippen molar-refractivity contribution in [2.24, 2.45) is 0 Å². The molecule has 2 N–H and O–H groups in total. The third-order valence-electron chi connectivity index (χ3n) is 2.46. The zero-order valence-electron chi connectivity index (χ0n) is 10.5. The van der Waals surface area contributed by atoms with Crippen LogP contribution in [0, 0.1) is 6.92 Å². The standard InChI is InChI=1S/C13H17NO4/c1-9-4-3-5-10(8-9)12(13(16)17)14-11(15)6-7-18-2/h3-5,8,12H,6-7H2,1-2H3,(H,14,15)(H,16,17)/t12-/m1/s1. The Morgan fingerprint density at radius 2 is 2.17 bits per heavy atom. The maximum absolute atomic E-state index is 11.5. The van der Waals surface area contributed by atoms with Crippen molar-refractivity contribution in [3.8, 4) is 0 Å². The van der Waals surface area contributed by atoms with Crippen molar-refractivity contribution < 1.29 is 19.4 Å². The van der Waals surface area contributed by atoms with Gasteiger partial charge in [0.1, 0.15) is 0 Å². The van der Waals surface area contributed by atoms with Crippen LogP contribution in [0.15, 0.2) is 24.3 Å². The van der Waals surface area contributed by atoms with Crippen LogP contribution in [0.1, 0.15) is 23.6 Å². The van der Waals surface area contributed by atoms with E-state index in [2.05, 4.69) is 5.32 Å². The van der Waals surface area contributed by atoms with Crippen LogP contribution in [-0.4, -0.2) is 30.7 Å². The Kier molecular flexibility index (Phi) is 5.32. The van der Waals surface area contributed by atoms with Gasteiger partial charge in [0, 0.05) is 13.5 Å². The fraction of sp³-hybridized carbons (Fsp3) is 0.385. The highest BCUT2D eigenvalue weighted by Gasteiger charge is 2.21. The van der Waals surface area contributed by atoms with E-state index in [1.807, 2.05) is 13.0 Å². The number of nitrogens with one attached hydrogen (secondary N) is 1. The molecule has 5 nitrogen and oxygen atoms in total. The van der Waals surface area contributed by atoms with Crippen LogP contribution in [0.3, 0.4) is 0 Å². The van der Waals surface area contributed by atoms with Gasteiger partial charge in [0.05, 0.1) is 6.61 Å². The summed E-state index contributed by atoms with van der Waals surface area (Å²) in [6.45, 7) is 2.14. The lowest BCUT2D eigenvalue weighted by Crippen LogP contribution is -2.34. The summed E-state index contributed by atoms with van der Waals surface area (Å²) in [5, 5.41) is 11.6. The number of carboxylic acids is 1. The van der Waals surface area contributed by atoms with Crippen molar-refractivity contribution in [1.82, 2.24) is 5.32 Å². The number of ether oxygens (including phenoxy) is 1. The van der Waals surface area contributed by atoms with Crippen LogP contribution in [0.2, 0.25) is 0 Å². The highest BCUT2D eigenvalue weighted by atomic mass is 16.5. The minimum Gasteiger partial charge on any atom is -0.479 e. The molecule has 0 aliphatic carbocycles. The fourth-order valence-electron chi connectivity index (χ4n) is 1.57. The smallest absolute Gasteiger partial charge is 0.330 e. The molecule has 1 aromatic rings. The minimum atomic E-state index is -1.08. The molecule has 1 aromatic carbocycles. The molecule has 0 bridgehead atoms. The summed E-state index contributed by atoms with van der Waals surface area (Å²) in [6, 6.07) is 6.05. The molecule has 1 atom stereocenters. The second kappa shape index (κ2) is 6.76. The molecule has 0 aliphatic heterocycles. The molecule has 0 heterocycles. The third-order valence-corrected chi connectivity index (χ3v) is 2.46. The Morgan fingerprint density at radius 3 is 2.72 bits per heavy atom. The maximum atomic E-state index is 11.5. The predicted molar refractivity (Wildman–Crippen MR) is 66.2 cm³/mol. The van der Waals surface area contributed by atoms with Gasteiger partial charge < -0.3 is 15.2 Å². The molecule has 0 saturated carbocycles. The average molecular weight is 251 g/mol. The van der Waals surface area contributed by atoms with Gasteiger partial charge in [-0.1, -0.05) is 29.8 Å². The second-order valence-electron chi connectivity index (χ2n) is 4.00. The number of rotatable bonds is 6. The molecule has 1 amide bonds. The summed E-state index contributed by atoms with van der Waals surface area (Å²) in [6.07, 6.45) is 0.145. The molecule has 98 valence electrons. The average Bonchev–Trinajstić information content (AvgIpc) is 2.33. The molecular weight excluding hydrogens is 234 g/mol. The third kappa shape index (κ3) is 4.18. The number of hydrogen-bond donors (Lipinski definition) is 2. The van der Waals surface area contributed by atoms with Gasteiger partial charge in [-0.2, -0.15) is 0 Å². The summed E-state index contributed by atoms with van der Waals surface area (Å²) in [4.78, 5) is 22.7. The highest BCUT2D eigenvalue weighted by molar-refractivity contribution is 5.84. The van der Waals surface area contributed by atoms with E-state index in [0.717, 1.165) is 5.56 Å². The fourth-order valence-corrected chi connectivity index (χ4v) is 1.57. The normalized spacial score (nSPS) is 11.9. The second-order valence-corrected chi connectivity index (χ2v) is 4.00. The van der Waals surface area contributed by atoms with E-state index in [1.165, 1.54) is 7.11 Å². The Bertz CT molecular complexity index is 431. The molecule has 0 aliphatic rings.